The minimum absolute atomic E-state index is 0.0307. The average Bonchev–Trinajstić information content (AvgIpc) is 2.46. The fraction of sp³-hybridized carbons (Fsp3) is 0.846. The van der Waals surface area contributed by atoms with Gasteiger partial charge < -0.3 is 15.4 Å². The van der Waals surface area contributed by atoms with Crippen molar-refractivity contribution < 1.29 is 22.7 Å². The van der Waals surface area contributed by atoms with Crippen LogP contribution in [-0.2, 0) is 9.53 Å². The number of halogens is 3. The number of rotatable bonds is 2. The topological polar surface area (TPSA) is 55.6 Å². The summed E-state index contributed by atoms with van der Waals surface area (Å²) in [7, 11) is 0. The Hall–Kier alpha value is -0.890. The van der Waals surface area contributed by atoms with Crippen LogP contribution >= 0.6 is 12.2 Å². The third kappa shape index (κ3) is 4.06. The summed E-state index contributed by atoms with van der Waals surface area (Å²) < 4.78 is 43.2. The van der Waals surface area contributed by atoms with Crippen molar-refractivity contribution in [3.63, 3.8) is 0 Å². The van der Waals surface area contributed by atoms with Crippen LogP contribution in [0.1, 0.15) is 25.7 Å². The molecule has 2 rings (SSSR count). The van der Waals surface area contributed by atoms with Gasteiger partial charge in [-0.3, -0.25) is 4.79 Å². The molecule has 1 aliphatic carbocycles. The second-order valence-corrected chi connectivity index (χ2v) is 6.11. The van der Waals surface area contributed by atoms with Crippen LogP contribution in [0.5, 0.6) is 0 Å². The summed E-state index contributed by atoms with van der Waals surface area (Å²) >= 11 is 4.86. The molecular weight excluding hydrogens is 305 g/mol. The maximum absolute atomic E-state index is 12.6. The van der Waals surface area contributed by atoms with E-state index in [4.69, 9.17) is 22.7 Å². The summed E-state index contributed by atoms with van der Waals surface area (Å²) in [5, 5.41) is 0. The predicted molar refractivity (Wildman–Crippen MR) is 74.6 cm³/mol. The van der Waals surface area contributed by atoms with E-state index in [9.17, 15) is 18.0 Å². The number of morpholine rings is 1. The van der Waals surface area contributed by atoms with Crippen LogP contribution in [0.4, 0.5) is 13.2 Å². The van der Waals surface area contributed by atoms with E-state index in [0.29, 0.717) is 19.7 Å². The summed E-state index contributed by atoms with van der Waals surface area (Å²) in [6.45, 7) is 1.09. The molecule has 21 heavy (non-hydrogen) atoms. The smallest absolute Gasteiger partial charge is 0.391 e. The number of alkyl halides is 3. The Bertz CT molecular complexity index is 409. The van der Waals surface area contributed by atoms with Crippen molar-refractivity contribution in [1.29, 1.82) is 0 Å². The maximum atomic E-state index is 12.6. The van der Waals surface area contributed by atoms with E-state index in [0.717, 1.165) is 0 Å². The molecule has 1 aliphatic heterocycles. The lowest BCUT2D eigenvalue weighted by Gasteiger charge is -2.36. The van der Waals surface area contributed by atoms with Crippen molar-refractivity contribution >= 4 is 23.1 Å². The number of carbonyl (C=O) groups is 1. The molecule has 1 heterocycles. The summed E-state index contributed by atoms with van der Waals surface area (Å²) in [4.78, 5) is 14.2. The molecule has 1 saturated carbocycles. The Balaban J connectivity index is 1.88. The van der Waals surface area contributed by atoms with Crippen LogP contribution in [-0.4, -0.2) is 47.8 Å². The minimum Gasteiger partial charge on any atom is -0.391 e. The van der Waals surface area contributed by atoms with Crippen molar-refractivity contribution in [2.45, 2.75) is 38.0 Å². The first-order chi connectivity index (χ1) is 9.79. The molecule has 120 valence electrons. The third-order valence-electron chi connectivity index (χ3n) is 4.23. The first-order valence-electron chi connectivity index (χ1n) is 7.05. The van der Waals surface area contributed by atoms with Crippen molar-refractivity contribution in [3.05, 3.63) is 0 Å². The first kappa shape index (κ1) is 16.5. The van der Waals surface area contributed by atoms with Gasteiger partial charge in [-0.05, 0) is 25.7 Å². The van der Waals surface area contributed by atoms with Crippen molar-refractivity contribution in [2.24, 2.45) is 17.6 Å². The number of hydrogen-bond acceptors (Lipinski definition) is 3. The van der Waals surface area contributed by atoms with Gasteiger partial charge in [-0.25, -0.2) is 0 Å². The van der Waals surface area contributed by atoms with Gasteiger partial charge in [-0.1, -0.05) is 12.2 Å². The molecule has 0 bridgehead atoms. The molecule has 0 aromatic heterocycles. The summed E-state index contributed by atoms with van der Waals surface area (Å²) in [5.41, 5.74) is 5.52. The summed E-state index contributed by atoms with van der Waals surface area (Å²) in [6, 6.07) is 0. The van der Waals surface area contributed by atoms with Gasteiger partial charge in [-0.15, -0.1) is 0 Å². The quantitative estimate of drug-likeness (QED) is 0.788. The van der Waals surface area contributed by atoms with Gasteiger partial charge in [0.1, 0.15) is 11.1 Å². The molecule has 1 atom stereocenters. The molecule has 2 fully saturated rings. The van der Waals surface area contributed by atoms with E-state index in [1.807, 2.05) is 0 Å². The predicted octanol–water partition coefficient (Wildman–Crippen LogP) is 1.87. The van der Waals surface area contributed by atoms with Gasteiger partial charge in [0, 0.05) is 12.5 Å². The van der Waals surface area contributed by atoms with E-state index in [2.05, 4.69) is 0 Å². The summed E-state index contributed by atoms with van der Waals surface area (Å²) in [6.07, 6.45) is -3.96. The molecule has 1 saturated heterocycles. The monoisotopic (exact) mass is 324 g/mol. The highest BCUT2D eigenvalue weighted by Gasteiger charge is 2.43. The van der Waals surface area contributed by atoms with Gasteiger partial charge in [0.2, 0.25) is 5.91 Å². The van der Waals surface area contributed by atoms with Gasteiger partial charge >= 0.3 is 6.18 Å². The second kappa shape index (κ2) is 6.48. The lowest BCUT2D eigenvalue weighted by Crippen LogP contribution is -2.51. The number of ether oxygens (including phenoxy) is 1. The van der Waals surface area contributed by atoms with E-state index < -0.39 is 18.2 Å². The summed E-state index contributed by atoms with van der Waals surface area (Å²) in [5.74, 6) is -1.69. The largest absolute Gasteiger partial charge is 0.391 e. The fourth-order valence-corrected chi connectivity index (χ4v) is 3.09. The van der Waals surface area contributed by atoms with Gasteiger partial charge in [0.05, 0.1) is 19.1 Å². The van der Waals surface area contributed by atoms with Gasteiger partial charge in [0.25, 0.3) is 0 Å². The van der Waals surface area contributed by atoms with E-state index in [1.165, 1.54) is 0 Å². The SMILES string of the molecule is NC(=S)C1CN(C(=O)C2CCC(C(F)(F)F)CC2)CCO1. The number of nitrogens with two attached hydrogens (primary N) is 1. The standard InChI is InChI=1S/C13H19F3N2O2S/c14-13(15,16)9-3-1-8(2-4-9)12(19)18-5-6-20-10(7-18)11(17)21/h8-10H,1-7H2,(H2,17,21). The zero-order valence-corrected chi connectivity index (χ0v) is 12.4. The highest BCUT2D eigenvalue weighted by atomic mass is 32.1. The lowest BCUT2D eigenvalue weighted by molar-refractivity contribution is -0.185. The molecule has 2 aliphatic rings. The second-order valence-electron chi connectivity index (χ2n) is 5.64. The Morgan fingerprint density at radius 1 is 1.24 bits per heavy atom. The van der Waals surface area contributed by atoms with Crippen molar-refractivity contribution in [2.75, 3.05) is 19.7 Å². The molecule has 0 aromatic carbocycles. The van der Waals surface area contributed by atoms with Crippen LogP contribution < -0.4 is 5.73 Å². The molecular formula is C13H19F3N2O2S. The molecule has 1 amide bonds. The van der Waals surface area contributed by atoms with Crippen LogP contribution in [0.15, 0.2) is 0 Å². The number of thiocarbonyl (C=S) groups is 1. The van der Waals surface area contributed by atoms with Gasteiger partial charge in [-0.2, -0.15) is 13.2 Å². The Morgan fingerprint density at radius 2 is 1.86 bits per heavy atom. The number of nitrogens with zero attached hydrogens (tertiary/aromatic N) is 1. The highest BCUT2D eigenvalue weighted by Crippen LogP contribution is 2.40. The van der Waals surface area contributed by atoms with Crippen LogP contribution in [0.3, 0.4) is 0 Å². The molecule has 0 spiro atoms. The first-order valence-corrected chi connectivity index (χ1v) is 7.46. The van der Waals surface area contributed by atoms with Crippen LogP contribution in [0.25, 0.3) is 0 Å². The molecule has 4 nitrogen and oxygen atoms in total. The molecule has 8 heteroatoms. The molecule has 1 unspecified atom stereocenters. The van der Waals surface area contributed by atoms with Crippen molar-refractivity contribution in [3.8, 4) is 0 Å². The zero-order valence-electron chi connectivity index (χ0n) is 11.6. The normalized spacial score (nSPS) is 31.0. The Kier molecular flexibility index (Phi) is 5.08. The zero-order chi connectivity index (χ0) is 15.6. The van der Waals surface area contributed by atoms with Gasteiger partial charge in [0.15, 0.2) is 0 Å². The molecule has 2 N–H and O–H groups in total. The minimum atomic E-state index is -4.15. The molecule has 0 aromatic rings. The maximum Gasteiger partial charge on any atom is 0.391 e. The average molecular weight is 324 g/mol. The Morgan fingerprint density at radius 3 is 2.38 bits per heavy atom. The van der Waals surface area contributed by atoms with Crippen molar-refractivity contribution in [1.82, 2.24) is 4.90 Å². The lowest BCUT2D eigenvalue weighted by atomic mass is 9.81. The number of carbonyl (C=O) groups excluding carboxylic acids is 1. The van der Waals surface area contributed by atoms with E-state index in [-0.39, 0.29) is 42.5 Å². The highest BCUT2D eigenvalue weighted by molar-refractivity contribution is 7.80. The number of hydrogen-bond donors (Lipinski definition) is 1. The Labute approximate surface area is 126 Å². The van der Waals surface area contributed by atoms with E-state index >= 15 is 0 Å². The van der Waals surface area contributed by atoms with Crippen LogP contribution in [0.2, 0.25) is 0 Å². The van der Waals surface area contributed by atoms with Crippen LogP contribution in [0, 0.1) is 11.8 Å². The fourth-order valence-electron chi connectivity index (χ4n) is 2.95. The third-order valence-corrected chi connectivity index (χ3v) is 4.50. The molecule has 0 radical (unpaired) electrons. The van der Waals surface area contributed by atoms with E-state index in [1.54, 1.807) is 4.90 Å². The number of amides is 1.